The lowest BCUT2D eigenvalue weighted by Gasteiger charge is -2.28. The summed E-state index contributed by atoms with van der Waals surface area (Å²) in [6.45, 7) is 6.30. The highest BCUT2D eigenvalue weighted by Crippen LogP contribution is 2.37. The molecule has 0 saturated heterocycles. The largest absolute Gasteiger partial charge is 0.295 e. The van der Waals surface area contributed by atoms with Gasteiger partial charge in [-0.2, -0.15) is 0 Å². The van der Waals surface area contributed by atoms with Crippen molar-refractivity contribution in [2.24, 2.45) is 5.41 Å². The van der Waals surface area contributed by atoms with Gasteiger partial charge in [-0.25, -0.2) is 0 Å². The predicted molar refractivity (Wildman–Crippen MR) is 65.0 cm³/mol. The standard InChI is InChI=1S/C14H17NO/c1-10-4-12(9-15-8-10)11-5-13(16)7-14(2,3)6-11/h4-5,8-9H,6-7H2,1-3H3. The number of hydrogen-bond donors (Lipinski definition) is 0. The fourth-order valence-electron chi connectivity index (χ4n) is 2.26. The Kier molecular flexibility index (Phi) is 2.66. The molecule has 2 heteroatoms. The maximum absolute atomic E-state index is 11.7. The van der Waals surface area contributed by atoms with Gasteiger partial charge in [-0.1, -0.05) is 13.8 Å². The van der Waals surface area contributed by atoms with Gasteiger partial charge in [0.25, 0.3) is 0 Å². The minimum atomic E-state index is 0.0743. The summed E-state index contributed by atoms with van der Waals surface area (Å²) < 4.78 is 0. The fraction of sp³-hybridized carbons (Fsp3) is 0.429. The van der Waals surface area contributed by atoms with E-state index in [1.54, 1.807) is 6.08 Å². The van der Waals surface area contributed by atoms with E-state index in [9.17, 15) is 4.79 Å². The highest BCUT2D eigenvalue weighted by Gasteiger charge is 2.27. The molecule has 1 aliphatic rings. The van der Waals surface area contributed by atoms with E-state index in [1.165, 1.54) is 0 Å². The quantitative estimate of drug-likeness (QED) is 0.720. The molecule has 0 bridgehead atoms. The van der Waals surface area contributed by atoms with Crippen molar-refractivity contribution in [3.8, 4) is 0 Å². The monoisotopic (exact) mass is 215 g/mol. The molecule has 84 valence electrons. The van der Waals surface area contributed by atoms with Crippen LogP contribution in [-0.4, -0.2) is 10.8 Å². The summed E-state index contributed by atoms with van der Waals surface area (Å²) in [5.74, 6) is 0.229. The highest BCUT2D eigenvalue weighted by molar-refractivity contribution is 5.99. The summed E-state index contributed by atoms with van der Waals surface area (Å²) in [4.78, 5) is 15.8. The molecule has 1 aliphatic carbocycles. The van der Waals surface area contributed by atoms with Crippen molar-refractivity contribution in [3.05, 3.63) is 35.7 Å². The van der Waals surface area contributed by atoms with Crippen LogP contribution < -0.4 is 0 Å². The number of aryl methyl sites for hydroxylation is 1. The molecule has 0 unspecified atom stereocenters. The lowest BCUT2D eigenvalue weighted by Crippen LogP contribution is -2.21. The van der Waals surface area contributed by atoms with Gasteiger partial charge in [0.2, 0.25) is 0 Å². The zero-order valence-corrected chi connectivity index (χ0v) is 10.1. The van der Waals surface area contributed by atoms with Crippen LogP contribution in [0.5, 0.6) is 0 Å². The Morgan fingerprint density at radius 3 is 2.62 bits per heavy atom. The van der Waals surface area contributed by atoms with E-state index in [2.05, 4.69) is 24.9 Å². The maximum atomic E-state index is 11.7. The minimum Gasteiger partial charge on any atom is -0.295 e. The molecular weight excluding hydrogens is 198 g/mol. The first-order valence-corrected chi connectivity index (χ1v) is 5.62. The third kappa shape index (κ3) is 2.38. The SMILES string of the molecule is Cc1cncc(C2=CC(=O)CC(C)(C)C2)c1. The van der Waals surface area contributed by atoms with E-state index >= 15 is 0 Å². The van der Waals surface area contributed by atoms with Crippen molar-refractivity contribution in [3.63, 3.8) is 0 Å². The lowest BCUT2D eigenvalue weighted by atomic mass is 9.75. The van der Waals surface area contributed by atoms with Gasteiger partial charge in [-0.15, -0.1) is 0 Å². The van der Waals surface area contributed by atoms with Gasteiger partial charge in [0.15, 0.2) is 5.78 Å². The van der Waals surface area contributed by atoms with Crippen LogP contribution in [0.1, 0.15) is 37.8 Å². The van der Waals surface area contributed by atoms with Crippen molar-refractivity contribution in [2.75, 3.05) is 0 Å². The Morgan fingerprint density at radius 1 is 1.25 bits per heavy atom. The second-order valence-electron chi connectivity index (χ2n) is 5.40. The molecule has 2 rings (SSSR count). The minimum absolute atomic E-state index is 0.0743. The number of ketones is 1. The van der Waals surface area contributed by atoms with Crippen LogP contribution in [0.15, 0.2) is 24.5 Å². The number of nitrogens with zero attached hydrogens (tertiary/aromatic N) is 1. The summed E-state index contributed by atoms with van der Waals surface area (Å²) in [6.07, 6.45) is 7.05. The Bertz CT molecular complexity index is 458. The van der Waals surface area contributed by atoms with Gasteiger partial charge in [0.05, 0.1) is 0 Å². The molecule has 0 N–H and O–H groups in total. The third-order valence-corrected chi connectivity index (χ3v) is 2.90. The van der Waals surface area contributed by atoms with E-state index in [-0.39, 0.29) is 11.2 Å². The molecule has 1 heterocycles. The van der Waals surface area contributed by atoms with Crippen LogP contribution in [0, 0.1) is 12.3 Å². The number of pyridine rings is 1. The average Bonchev–Trinajstić information content (AvgIpc) is 2.14. The number of carbonyl (C=O) groups excluding carboxylic acids is 1. The lowest BCUT2D eigenvalue weighted by molar-refractivity contribution is -0.116. The molecule has 0 aliphatic heterocycles. The molecule has 1 aromatic rings. The second-order valence-corrected chi connectivity index (χ2v) is 5.40. The molecule has 0 amide bonds. The molecule has 0 fully saturated rings. The predicted octanol–water partition coefficient (Wildman–Crippen LogP) is 3.16. The Morgan fingerprint density at radius 2 is 2.00 bits per heavy atom. The van der Waals surface area contributed by atoms with Gasteiger partial charge < -0.3 is 0 Å². The number of aromatic nitrogens is 1. The first kappa shape index (κ1) is 11.1. The topological polar surface area (TPSA) is 30.0 Å². The molecule has 0 spiro atoms. The molecule has 0 saturated carbocycles. The van der Waals surface area contributed by atoms with E-state index in [0.29, 0.717) is 6.42 Å². The molecule has 1 aromatic heterocycles. The first-order chi connectivity index (χ1) is 7.46. The van der Waals surface area contributed by atoms with Crippen LogP contribution in [0.4, 0.5) is 0 Å². The Labute approximate surface area is 96.4 Å². The zero-order chi connectivity index (χ0) is 11.8. The van der Waals surface area contributed by atoms with E-state index < -0.39 is 0 Å². The van der Waals surface area contributed by atoms with Crippen molar-refractivity contribution in [1.82, 2.24) is 4.98 Å². The van der Waals surface area contributed by atoms with Crippen LogP contribution >= 0.6 is 0 Å². The van der Waals surface area contributed by atoms with Crippen molar-refractivity contribution in [1.29, 1.82) is 0 Å². The smallest absolute Gasteiger partial charge is 0.156 e. The summed E-state index contributed by atoms with van der Waals surface area (Å²) in [5.41, 5.74) is 3.41. The van der Waals surface area contributed by atoms with Crippen LogP contribution in [0.2, 0.25) is 0 Å². The maximum Gasteiger partial charge on any atom is 0.156 e. The Hall–Kier alpha value is -1.44. The summed E-state index contributed by atoms with van der Waals surface area (Å²) in [7, 11) is 0. The summed E-state index contributed by atoms with van der Waals surface area (Å²) in [6, 6.07) is 2.09. The van der Waals surface area contributed by atoms with E-state index in [4.69, 9.17) is 0 Å². The highest BCUT2D eigenvalue weighted by atomic mass is 16.1. The number of carbonyl (C=O) groups is 1. The van der Waals surface area contributed by atoms with Crippen LogP contribution in [0.25, 0.3) is 5.57 Å². The molecule has 16 heavy (non-hydrogen) atoms. The first-order valence-electron chi connectivity index (χ1n) is 5.62. The second kappa shape index (κ2) is 3.85. The molecule has 0 aromatic carbocycles. The van der Waals surface area contributed by atoms with Crippen LogP contribution in [-0.2, 0) is 4.79 Å². The fourth-order valence-corrected chi connectivity index (χ4v) is 2.26. The average molecular weight is 215 g/mol. The molecule has 2 nitrogen and oxygen atoms in total. The van der Waals surface area contributed by atoms with Gasteiger partial charge in [0.1, 0.15) is 0 Å². The Balaban J connectivity index is 2.38. The van der Waals surface area contributed by atoms with Gasteiger partial charge >= 0.3 is 0 Å². The van der Waals surface area contributed by atoms with Crippen LogP contribution in [0.3, 0.4) is 0 Å². The van der Waals surface area contributed by atoms with Gasteiger partial charge in [0, 0.05) is 18.8 Å². The van der Waals surface area contributed by atoms with Crippen molar-refractivity contribution >= 4 is 11.4 Å². The molecule has 0 atom stereocenters. The van der Waals surface area contributed by atoms with E-state index in [0.717, 1.165) is 23.1 Å². The number of hydrogen-bond acceptors (Lipinski definition) is 2. The van der Waals surface area contributed by atoms with E-state index in [1.807, 2.05) is 19.3 Å². The molecular formula is C14H17NO. The van der Waals surface area contributed by atoms with Crippen molar-refractivity contribution in [2.45, 2.75) is 33.6 Å². The number of allylic oxidation sites excluding steroid dienone is 2. The van der Waals surface area contributed by atoms with Gasteiger partial charge in [-0.3, -0.25) is 9.78 Å². The summed E-state index contributed by atoms with van der Waals surface area (Å²) in [5, 5.41) is 0. The van der Waals surface area contributed by atoms with Crippen molar-refractivity contribution < 1.29 is 4.79 Å². The zero-order valence-electron chi connectivity index (χ0n) is 10.1. The third-order valence-electron chi connectivity index (χ3n) is 2.90. The number of rotatable bonds is 1. The molecule has 0 radical (unpaired) electrons. The summed E-state index contributed by atoms with van der Waals surface area (Å²) >= 11 is 0. The van der Waals surface area contributed by atoms with Gasteiger partial charge in [-0.05, 0) is 47.6 Å². The normalized spacial score (nSPS) is 19.4.